The largest absolute Gasteiger partial charge is 0.480 e. The minimum atomic E-state index is -3.47. The van der Waals surface area contributed by atoms with Crippen molar-refractivity contribution in [3.05, 3.63) is 35.7 Å². The van der Waals surface area contributed by atoms with Crippen molar-refractivity contribution < 1.29 is 22.3 Å². The Bertz CT molecular complexity index is 1160. The second-order valence-electron chi connectivity index (χ2n) is 10.4. The van der Waals surface area contributed by atoms with Crippen LogP contribution in [-0.4, -0.2) is 74.5 Å². The van der Waals surface area contributed by atoms with Gasteiger partial charge in [0.05, 0.1) is 38.3 Å². The molecule has 0 aromatic carbocycles. The molecule has 4 unspecified atom stereocenters. The van der Waals surface area contributed by atoms with E-state index < -0.39 is 10.0 Å². The van der Waals surface area contributed by atoms with Crippen LogP contribution in [0.25, 0.3) is 0 Å². The molecule has 2 saturated heterocycles. The fraction of sp³-hybridized carbons (Fsp3) is 0.667. The first-order valence-corrected chi connectivity index (χ1v) is 14.4. The Morgan fingerprint density at radius 2 is 1.97 bits per heavy atom. The normalized spacial score (nSPS) is 31.2. The summed E-state index contributed by atoms with van der Waals surface area (Å²) in [5.74, 6) is 2.52. The van der Waals surface area contributed by atoms with Crippen LogP contribution in [0.3, 0.4) is 0 Å². The van der Waals surface area contributed by atoms with Gasteiger partial charge in [-0.05, 0) is 44.2 Å². The quantitative estimate of drug-likeness (QED) is 0.497. The lowest BCUT2D eigenvalue weighted by molar-refractivity contribution is -0.0719. The number of nitrogens with zero attached hydrogens (tertiary/aromatic N) is 3. The Labute approximate surface area is 212 Å². The Kier molecular flexibility index (Phi) is 7.23. The van der Waals surface area contributed by atoms with Crippen LogP contribution in [0, 0.1) is 5.92 Å². The maximum Gasteiger partial charge on any atom is 0.238 e. The molecule has 11 nitrogen and oxygen atoms in total. The fourth-order valence-corrected chi connectivity index (χ4v) is 6.53. The molecule has 0 radical (unpaired) electrons. The van der Waals surface area contributed by atoms with E-state index >= 15 is 0 Å². The van der Waals surface area contributed by atoms with Gasteiger partial charge in [-0.2, -0.15) is 0 Å². The van der Waals surface area contributed by atoms with Crippen LogP contribution in [0.1, 0.15) is 55.7 Å². The number of oxazole rings is 1. The number of aromatic nitrogens is 2. The molecule has 6 atom stereocenters. The number of methoxy groups -OCH3 is 1. The van der Waals surface area contributed by atoms with Gasteiger partial charge >= 0.3 is 0 Å². The summed E-state index contributed by atoms with van der Waals surface area (Å²) < 4.78 is 43.8. The number of fused-ring (bicyclic) bond motifs is 1. The van der Waals surface area contributed by atoms with Crippen molar-refractivity contribution in [2.45, 2.75) is 63.3 Å². The summed E-state index contributed by atoms with van der Waals surface area (Å²) in [6.07, 6.45) is 6.89. The Balaban J connectivity index is 1.36. The summed E-state index contributed by atoms with van der Waals surface area (Å²) in [5.41, 5.74) is 8.04. The number of morpholine rings is 1. The van der Waals surface area contributed by atoms with Gasteiger partial charge in [0.15, 0.2) is 5.89 Å². The second-order valence-corrected chi connectivity index (χ2v) is 12.1. The number of pyridine rings is 1. The number of nitrogens with one attached hydrogen (secondary N) is 3. The Hall–Kier alpha value is -2.25. The van der Waals surface area contributed by atoms with Crippen LogP contribution in [-0.2, 0) is 21.3 Å². The highest BCUT2D eigenvalue weighted by Crippen LogP contribution is 2.46. The van der Waals surface area contributed by atoms with E-state index in [2.05, 4.69) is 39.3 Å². The number of hydrogen-bond acceptors (Lipinski definition) is 10. The number of ether oxygens (including phenoxy) is 2. The van der Waals surface area contributed by atoms with Crippen molar-refractivity contribution in [2.75, 3.05) is 37.7 Å². The first-order chi connectivity index (χ1) is 17.2. The highest BCUT2D eigenvalue weighted by atomic mass is 32.2. The molecule has 0 bridgehead atoms. The van der Waals surface area contributed by atoms with E-state index in [1.807, 2.05) is 12.3 Å². The maximum absolute atomic E-state index is 11.9. The monoisotopic (exact) mass is 520 g/mol. The third kappa shape index (κ3) is 5.67. The van der Waals surface area contributed by atoms with Crippen LogP contribution < -0.4 is 20.3 Å². The molecule has 2 aromatic heterocycles. The van der Waals surface area contributed by atoms with E-state index in [1.54, 1.807) is 6.20 Å². The van der Waals surface area contributed by atoms with Crippen LogP contribution in [0.2, 0.25) is 0 Å². The molecule has 2 aliphatic heterocycles. The van der Waals surface area contributed by atoms with Crippen LogP contribution in [0.4, 0.5) is 5.69 Å². The molecule has 4 heterocycles. The lowest BCUT2D eigenvalue weighted by atomic mass is 9.70. The zero-order valence-corrected chi connectivity index (χ0v) is 22.0. The summed E-state index contributed by atoms with van der Waals surface area (Å²) in [6.45, 7) is 7.51. The zero-order valence-electron chi connectivity index (χ0n) is 21.2. The number of hydrogen-bond donors (Lipinski definition) is 3. The molecule has 0 spiro atoms. The van der Waals surface area contributed by atoms with Crippen molar-refractivity contribution in [1.29, 1.82) is 0 Å². The van der Waals surface area contributed by atoms with Crippen LogP contribution in [0.15, 0.2) is 22.9 Å². The minimum Gasteiger partial charge on any atom is -0.480 e. The second kappa shape index (κ2) is 10.3. The maximum atomic E-state index is 11.9. The number of rotatable bonds is 7. The predicted octanol–water partition coefficient (Wildman–Crippen LogP) is 1.81. The molecular weight excluding hydrogens is 484 g/mol. The number of sulfonamides is 1. The molecular formula is C24H36N6O5S. The highest BCUT2D eigenvalue weighted by Gasteiger charge is 2.44. The number of hydrazine groups is 1. The van der Waals surface area contributed by atoms with Gasteiger partial charge in [-0.3, -0.25) is 20.5 Å². The average molecular weight is 521 g/mol. The fourth-order valence-electron chi connectivity index (χ4n) is 5.98. The van der Waals surface area contributed by atoms with Gasteiger partial charge in [-0.25, -0.2) is 18.4 Å². The minimum absolute atomic E-state index is 0.126. The summed E-state index contributed by atoms with van der Waals surface area (Å²) >= 11 is 0. The molecule has 12 heteroatoms. The molecule has 3 fully saturated rings. The smallest absolute Gasteiger partial charge is 0.238 e. The summed E-state index contributed by atoms with van der Waals surface area (Å²) in [4.78, 5) is 11.5. The summed E-state index contributed by atoms with van der Waals surface area (Å²) in [7, 11) is -2.00. The van der Waals surface area contributed by atoms with Gasteiger partial charge in [0, 0.05) is 43.7 Å². The zero-order chi connectivity index (χ0) is 25.4. The SMILES string of the molecule is COc1ncc(C2CC3NNCC3C(c3ncc(CN4C[C@@H](C)O[C@@H](C)C4)o3)C2)cc1NS(C)(=O)=O. The third-order valence-corrected chi connectivity index (χ3v) is 7.92. The molecule has 36 heavy (non-hydrogen) atoms. The van der Waals surface area contributed by atoms with E-state index in [4.69, 9.17) is 18.9 Å². The molecule has 3 aliphatic rings. The molecule has 3 N–H and O–H groups in total. The molecule has 1 aliphatic carbocycles. The van der Waals surface area contributed by atoms with E-state index in [0.29, 0.717) is 18.2 Å². The first kappa shape index (κ1) is 25.4. The average Bonchev–Trinajstić information content (AvgIpc) is 3.46. The van der Waals surface area contributed by atoms with E-state index in [-0.39, 0.29) is 36.0 Å². The van der Waals surface area contributed by atoms with Crippen molar-refractivity contribution in [2.24, 2.45) is 5.92 Å². The van der Waals surface area contributed by atoms with Crippen molar-refractivity contribution in [3.8, 4) is 5.88 Å². The molecule has 1 saturated carbocycles. The van der Waals surface area contributed by atoms with E-state index in [1.165, 1.54) is 7.11 Å². The highest BCUT2D eigenvalue weighted by molar-refractivity contribution is 7.92. The lowest BCUT2D eigenvalue weighted by Gasteiger charge is -2.36. The van der Waals surface area contributed by atoms with E-state index in [0.717, 1.165) is 55.9 Å². The Morgan fingerprint density at radius 3 is 2.69 bits per heavy atom. The summed E-state index contributed by atoms with van der Waals surface area (Å²) in [6, 6.07) is 2.08. The predicted molar refractivity (Wildman–Crippen MR) is 134 cm³/mol. The van der Waals surface area contributed by atoms with Gasteiger partial charge in [-0.15, -0.1) is 0 Å². The lowest BCUT2D eigenvalue weighted by Crippen LogP contribution is -2.44. The van der Waals surface area contributed by atoms with Gasteiger partial charge < -0.3 is 13.9 Å². The first-order valence-electron chi connectivity index (χ1n) is 12.5. The topological polar surface area (TPSA) is 131 Å². The Morgan fingerprint density at radius 1 is 1.19 bits per heavy atom. The van der Waals surface area contributed by atoms with Crippen molar-refractivity contribution in [1.82, 2.24) is 25.7 Å². The van der Waals surface area contributed by atoms with Gasteiger partial charge in [0.1, 0.15) is 11.4 Å². The number of anilines is 1. The van der Waals surface area contributed by atoms with E-state index in [9.17, 15) is 8.42 Å². The van der Waals surface area contributed by atoms with Gasteiger partial charge in [-0.1, -0.05) is 0 Å². The molecule has 198 valence electrons. The standard InChI is InChI=1S/C24H36N6O5S/c1-14-11-30(12-15(2)34-14)13-18-9-26-23(35-18)19-5-16(6-21-20(19)10-27-28-21)17-7-22(29-36(4,31)32)24(33-3)25-8-17/h7-9,14-16,19-21,27-29H,5-6,10-13H2,1-4H3/t14-,15+,16?,19?,20?,21?. The van der Waals surface area contributed by atoms with Gasteiger partial charge in [0.2, 0.25) is 15.9 Å². The van der Waals surface area contributed by atoms with Gasteiger partial charge in [0.25, 0.3) is 0 Å². The van der Waals surface area contributed by atoms with Crippen molar-refractivity contribution in [3.63, 3.8) is 0 Å². The van der Waals surface area contributed by atoms with Crippen molar-refractivity contribution >= 4 is 15.7 Å². The molecule has 5 rings (SSSR count). The third-order valence-electron chi connectivity index (χ3n) is 7.33. The van der Waals surface area contributed by atoms with Crippen LogP contribution >= 0.6 is 0 Å². The molecule has 0 amide bonds. The molecule has 2 aromatic rings. The van der Waals surface area contributed by atoms with Crippen LogP contribution in [0.5, 0.6) is 5.88 Å². The summed E-state index contributed by atoms with van der Waals surface area (Å²) in [5, 5.41) is 0.